The van der Waals surface area contributed by atoms with Gasteiger partial charge in [0.05, 0.1) is 17.7 Å². The number of benzene rings is 2. The molecule has 0 aliphatic carbocycles. The number of nitrogens with zero attached hydrogens (tertiary/aromatic N) is 1. The van der Waals surface area contributed by atoms with Gasteiger partial charge in [-0.2, -0.15) is 4.31 Å². The van der Waals surface area contributed by atoms with Crippen molar-refractivity contribution < 1.29 is 27.4 Å². The van der Waals surface area contributed by atoms with Gasteiger partial charge in [-0.15, -0.1) is 0 Å². The Hall–Kier alpha value is -3.04. The number of sulfonamides is 1. The Balaban J connectivity index is 1.80. The van der Waals surface area contributed by atoms with Crippen molar-refractivity contribution in [2.75, 3.05) is 32.3 Å². The van der Waals surface area contributed by atoms with E-state index in [-0.39, 0.29) is 17.4 Å². The van der Waals surface area contributed by atoms with Crippen molar-refractivity contribution in [3.05, 3.63) is 48.0 Å². The van der Waals surface area contributed by atoms with E-state index >= 15 is 0 Å². The van der Waals surface area contributed by atoms with E-state index in [1.54, 1.807) is 38.1 Å². The number of methoxy groups -OCH3 is 1. The highest BCUT2D eigenvalue weighted by Crippen LogP contribution is 2.33. The Morgan fingerprint density at radius 1 is 1.13 bits per heavy atom. The van der Waals surface area contributed by atoms with Gasteiger partial charge in [0, 0.05) is 19.2 Å². The molecule has 0 atom stereocenters. The Bertz CT molecular complexity index is 1060. The summed E-state index contributed by atoms with van der Waals surface area (Å²) in [6, 6.07) is 9.72. The average Bonchev–Trinajstić information content (AvgIpc) is 3.20. The molecule has 30 heavy (non-hydrogen) atoms. The summed E-state index contributed by atoms with van der Waals surface area (Å²) in [5.41, 5.74) is 1.03. The molecule has 0 saturated carbocycles. The molecule has 0 bridgehead atoms. The second-order valence-corrected chi connectivity index (χ2v) is 8.32. The number of nitrogens with one attached hydrogen (secondary N) is 1. The second-order valence-electron chi connectivity index (χ2n) is 6.39. The monoisotopic (exact) mass is 432 g/mol. The zero-order valence-corrected chi connectivity index (χ0v) is 17.9. The molecule has 0 unspecified atom stereocenters. The van der Waals surface area contributed by atoms with Crippen LogP contribution in [0.4, 0.5) is 5.69 Å². The maximum atomic E-state index is 12.8. The highest BCUT2D eigenvalue weighted by molar-refractivity contribution is 7.89. The van der Waals surface area contributed by atoms with Gasteiger partial charge in [0.2, 0.25) is 22.7 Å². The molecule has 160 valence electrons. The van der Waals surface area contributed by atoms with Gasteiger partial charge >= 0.3 is 0 Å². The second kappa shape index (κ2) is 9.19. The van der Waals surface area contributed by atoms with E-state index in [1.165, 1.54) is 35.7 Å². The van der Waals surface area contributed by atoms with Crippen LogP contribution in [0.1, 0.15) is 19.4 Å². The number of rotatable bonds is 8. The van der Waals surface area contributed by atoms with E-state index in [0.29, 0.717) is 30.3 Å². The summed E-state index contributed by atoms with van der Waals surface area (Å²) in [4.78, 5) is 12.5. The van der Waals surface area contributed by atoms with Crippen LogP contribution in [0, 0.1) is 0 Å². The summed E-state index contributed by atoms with van der Waals surface area (Å²) < 4.78 is 42.7. The standard InChI is InChI=1S/C21H24N2O6S/c1-4-23(5-2)30(25,26)16-8-10-18(27-3)17(13-16)22-21(24)11-7-15-6-9-19-20(12-15)29-14-28-19/h6-13H,4-5,14H2,1-3H3,(H,22,24)/b11-7+. The zero-order valence-electron chi connectivity index (χ0n) is 17.0. The molecule has 8 nitrogen and oxygen atoms in total. The van der Waals surface area contributed by atoms with Crippen molar-refractivity contribution >= 4 is 27.7 Å². The molecule has 1 N–H and O–H groups in total. The predicted molar refractivity (Wildman–Crippen MR) is 113 cm³/mol. The van der Waals surface area contributed by atoms with Crippen molar-refractivity contribution in [2.24, 2.45) is 0 Å². The molecule has 1 heterocycles. The van der Waals surface area contributed by atoms with Gasteiger partial charge in [-0.25, -0.2) is 8.42 Å². The van der Waals surface area contributed by atoms with Gasteiger partial charge < -0.3 is 19.5 Å². The van der Waals surface area contributed by atoms with Crippen molar-refractivity contribution in [1.29, 1.82) is 0 Å². The van der Waals surface area contributed by atoms with Gasteiger partial charge in [-0.05, 0) is 42.0 Å². The molecule has 0 saturated heterocycles. The molecule has 0 radical (unpaired) electrons. The molecule has 1 amide bonds. The number of ether oxygens (including phenoxy) is 3. The van der Waals surface area contributed by atoms with Crippen molar-refractivity contribution in [3.8, 4) is 17.2 Å². The molecule has 9 heteroatoms. The van der Waals surface area contributed by atoms with Crippen LogP contribution >= 0.6 is 0 Å². The van der Waals surface area contributed by atoms with E-state index < -0.39 is 15.9 Å². The van der Waals surface area contributed by atoms with E-state index in [0.717, 1.165) is 5.56 Å². The molecule has 3 rings (SSSR count). The van der Waals surface area contributed by atoms with Crippen molar-refractivity contribution in [2.45, 2.75) is 18.7 Å². The minimum absolute atomic E-state index is 0.0852. The minimum atomic E-state index is -3.66. The van der Waals surface area contributed by atoms with E-state index in [9.17, 15) is 13.2 Å². The molecule has 0 aromatic heterocycles. The molecule has 0 fully saturated rings. The summed E-state index contributed by atoms with van der Waals surface area (Å²) in [7, 11) is -2.21. The zero-order chi connectivity index (χ0) is 21.7. The maximum absolute atomic E-state index is 12.8. The third-order valence-electron chi connectivity index (χ3n) is 4.60. The average molecular weight is 432 g/mol. The molecule has 2 aromatic rings. The summed E-state index contributed by atoms with van der Waals surface area (Å²) in [5.74, 6) is 1.21. The smallest absolute Gasteiger partial charge is 0.248 e. The lowest BCUT2D eigenvalue weighted by molar-refractivity contribution is -0.111. The SMILES string of the molecule is CCN(CC)S(=O)(=O)c1ccc(OC)c(NC(=O)/C=C/c2ccc3c(c2)OCO3)c1. The summed E-state index contributed by atoms with van der Waals surface area (Å²) >= 11 is 0. The lowest BCUT2D eigenvalue weighted by Gasteiger charge is -2.19. The Morgan fingerprint density at radius 2 is 1.87 bits per heavy atom. The third kappa shape index (κ3) is 4.58. The Morgan fingerprint density at radius 3 is 2.57 bits per heavy atom. The van der Waals surface area contributed by atoms with Gasteiger partial charge in [0.25, 0.3) is 0 Å². The molecule has 1 aliphatic rings. The first-order valence-electron chi connectivity index (χ1n) is 9.46. The molecule has 1 aliphatic heterocycles. The van der Waals surface area contributed by atoms with Crippen LogP contribution in [-0.4, -0.2) is 45.6 Å². The van der Waals surface area contributed by atoms with Crippen LogP contribution in [0.2, 0.25) is 0 Å². The van der Waals surface area contributed by atoms with Crippen LogP contribution < -0.4 is 19.5 Å². The molecular formula is C21H24N2O6S. The van der Waals surface area contributed by atoms with Crippen molar-refractivity contribution in [3.63, 3.8) is 0 Å². The summed E-state index contributed by atoms with van der Waals surface area (Å²) in [6.45, 7) is 4.42. The van der Waals surface area contributed by atoms with Crippen molar-refractivity contribution in [1.82, 2.24) is 4.31 Å². The van der Waals surface area contributed by atoms with E-state index in [2.05, 4.69) is 5.32 Å². The minimum Gasteiger partial charge on any atom is -0.495 e. The molecule has 2 aromatic carbocycles. The first-order valence-corrected chi connectivity index (χ1v) is 10.9. The van der Waals surface area contributed by atoms with Gasteiger partial charge in [-0.3, -0.25) is 4.79 Å². The Kier molecular flexibility index (Phi) is 6.63. The van der Waals surface area contributed by atoms with Crippen LogP contribution in [0.5, 0.6) is 17.2 Å². The van der Waals surface area contributed by atoms with E-state index in [4.69, 9.17) is 14.2 Å². The lowest BCUT2D eigenvalue weighted by Crippen LogP contribution is -2.30. The summed E-state index contributed by atoms with van der Waals surface area (Å²) in [5, 5.41) is 2.68. The van der Waals surface area contributed by atoms with Crippen LogP contribution in [-0.2, 0) is 14.8 Å². The first kappa shape index (κ1) is 21.7. The number of carbonyl (C=O) groups excluding carboxylic acids is 1. The van der Waals surface area contributed by atoms with Gasteiger partial charge in [0.1, 0.15) is 5.75 Å². The number of amides is 1. The fourth-order valence-electron chi connectivity index (χ4n) is 3.02. The quantitative estimate of drug-likeness (QED) is 0.644. The number of hydrogen-bond acceptors (Lipinski definition) is 6. The number of fused-ring (bicyclic) bond motifs is 1. The predicted octanol–water partition coefficient (Wildman–Crippen LogP) is 3.11. The van der Waals surface area contributed by atoms with Crippen LogP contribution in [0.15, 0.2) is 47.4 Å². The van der Waals surface area contributed by atoms with E-state index in [1.807, 2.05) is 0 Å². The third-order valence-corrected chi connectivity index (χ3v) is 6.64. The number of anilines is 1. The van der Waals surface area contributed by atoms with Gasteiger partial charge in [-0.1, -0.05) is 19.9 Å². The van der Waals surface area contributed by atoms with Crippen LogP contribution in [0.3, 0.4) is 0 Å². The fourth-order valence-corrected chi connectivity index (χ4v) is 4.51. The topological polar surface area (TPSA) is 94.2 Å². The highest BCUT2D eigenvalue weighted by atomic mass is 32.2. The lowest BCUT2D eigenvalue weighted by atomic mass is 10.2. The summed E-state index contributed by atoms with van der Waals surface area (Å²) in [6.07, 6.45) is 2.98. The molecular weight excluding hydrogens is 408 g/mol. The number of hydrogen-bond donors (Lipinski definition) is 1. The number of carbonyl (C=O) groups is 1. The van der Waals surface area contributed by atoms with Gasteiger partial charge in [0.15, 0.2) is 11.5 Å². The highest BCUT2D eigenvalue weighted by Gasteiger charge is 2.23. The molecule has 0 spiro atoms. The largest absolute Gasteiger partial charge is 0.495 e. The fraction of sp³-hybridized carbons (Fsp3) is 0.286. The maximum Gasteiger partial charge on any atom is 0.248 e. The van der Waals surface area contributed by atoms with Crippen LogP contribution in [0.25, 0.3) is 6.08 Å². The Labute approximate surface area is 176 Å². The first-order chi connectivity index (χ1) is 14.4. The normalized spacial score (nSPS) is 13.1.